The number of nitrogens with one attached hydrogen (secondary N) is 1. The zero-order chi connectivity index (χ0) is 6.57. The first-order valence-corrected chi connectivity index (χ1v) is 1.86. The van der Waals surface area contributed by atoms with Gasteiger partial charge in [0.25, 0.3) is 0 Å². The van der Waals surface area contributed by atoms with Crippen LogP contribution in [-0.4, -0.2) is 17.2 Å². The van der Waals surface area contributed by atoms with Crippen LogP contribution < -0.4 is 5.73 Å². The van der Waals surface area contributed by atoms with Crippen LogP contribution in [0.25, 0.3) is 0 Å². The van der Waals surface area contributed by atoms with Crippen LogP contribution in [0.15, 0.2) is 11.8 Å². The first-order chi connectivity index (χ1) is 3.72. The highest BCUT2D eigenvalue weighted by Gasteiger charge is 1.94. The molecule has 0 aromatic heterocycles. The summed E-state index contributed by atoms with van der Waals surface area (Å²) in [6, 6.07) is 0. The van der Waals surface area contributed by atoms with Gasteiger partial charge in [-0.3, -0.25) is 10.2 Å². The van der Waals surface area contributed by atoms with Gasteiger partial charge < -0.3 is 10.8 Å². The molecule has 4 nitrogen and oxygen atoms in total. The van der Waals surface area contributed by atoms with E-state index in [1.54, 1.807) is 0 Å². The molecule has 0 aromatic carbocycles. The van der Waals surface area contributed by atoms with Crippen LogP contribution >= 0.6 is 0 Å². The summed E-state index contributed by atoms with van der Waals surface area (Å²) in [5.41, 5.74) is 4.58. The number of aldehydes is 1. The lowest BCUT2D eigenvalue weighted by Crippen LogP contribution is -2.13. The van der Waals surface area contributed by atoms with Crippen LogP contribution in [0, 0.1) is 5.41 Å². The number of carbonyl (C=O) groups excluding carboxylic acids is 1. The minimum absolute atomic E-state index is 0.204. The Labute approximate surface area is 46.1 Å². The van der Waals surface area contributed by atoms with E-state index in [-0.39, 0.29) is 5.57 Å². The average molecular weight is 114 g/mol. The Kier molecular flexibility index (Phi) is 2.33. The molecule has 0 aromatic rings. The summed E-state index contributed by atoms with van der Waals surface area (Å²) in [4.78, 5) is 9.73. The van der Waals surface area contributed by atoms with E-state index >= 15 is 0 Å². The molecule has 0 amide bonds. The number of aliphatic hydroxyl groups is 1. The highest BCUT2D eigenvalue weighted by Crippen LogP contribution is 1.82. The molecule has 0 aliphatic carbocycles. The fraction of sp³-hybridized carbons (Fsp3) is 0. The molecule has 0 saturated carbocycles. The molecule has 4 N–H and O–H groups in total. The molecule has 0 unspecified atom stereocenters. The smallest absolute Gasteiger partial charge is 0.156 e. The van der Waals surface area contributed by atoms with Crippen molar-refractivity contribution in [1.29, 1.82) is 5.41 Å². The lowest BCUT2D eigenvalue weighted by molar-refractivity contribution is -0.104. The molecule has 0 radical (unpaired) electrons. The van der Waals surface area contributed by atoms with Gasteiger partial charge in [-0.25, -0.2) is 0 Å². The van der Waals surface area contributed by atoms with E-state index in [0.29, 0.717) is 12.5 Å². The van der Waals surface area contributed by atoms with Gasteiger partial charge in [0.05, 0.1) is 11.8 Å². The monoisotopic (exact) mass is 114 g/mol. The third kappa shape index (κ3) is 1.42. The van der Waals surface area contributed by atoms with Crippen molar-refractivity contribution in [1.82, 2.24) is 0 Å². The van der Waals surface area contributed by atoms with Gasteiger partial charge in [0.1, 0.15) is 5.84 Å². The molecular formula is C4H6N2O2. The molecule has 0 heterocycles. The second-order valence-electron chi connectivity index (χ2n) is 1.12. The molecule has 0 fully saturated rings. The molecule has 44 valence electrons. The fourth-order valence-corrected chi connectivity index (χ4v) is 0.163. The van der Waals surface area contributed by atoms with Crippen molar-refractivity contribution in [2.45, 2.75) is 0 Å². The number of aliphatic hydroxyl groups excluding tert-OH is 1. The third-order valence-electron chi connectivity index (χ3n) is 0.577. The molecule has 0 bridgehead atoms. The van der Waals surface area contributed by atoms with Gasteiger partial charge in [0.15, 0.2) is 6.29 Å². The Bertz CT molecular complexity index is 139. The molecule has 0 rings (SSSR count). The minimum Gasteiger partial charge on any atom is -0.515 e. The van der Waals surface area contributed by atoms with Crippen molar-refractivity contribution >= 4 is 12.1 Å². The number of amidine groups is 1. The molecule has 4 heteroatoms. The van der Waals surface area contributed by atoms with Crippen LogP contribution in [0.2, 0.25) is 0 Å². The van der Waals surface area contributed by atoms with Crippen molar-refractivity contribution in [3.05, 3.63) is 11.8 Å². The summed E-state index contributed by atoms with van der Waals surface area (Å²) in [6.45, 7) is 0. The van der Waals surface area contributed by atoms with Gasteiger partial charge in [0.2, 0.25) is 0 Å². The fourth-order valence-electron chi connectivity index (χ4n) is 0.163. The van der Waals surface area contributed by atoms with Crippen molar-refractivity contribution in [3.63, 3.8) is 0 Å². The van der Waals surface area contributed by atoms with Gasteiger partial charge in [-0.15, -0.1) is 0 Å². The molecule has 0 aliphatic heterocycles. The first-order valence-electron chi connectivity index (χ1n) is 1.86. The van der Waals surface area contributed by atoms with E-state index in [4.69, 9.17) is 16.2 Å². The number of hydrogen-bond acceptors (Lipinski definition) is 3. The summed E-state index contributed by atoms with van der Waals surface area (Å²) in [6.07, 6.45) is 0.803. The predicted molar refractivity (Wildman–Crippen MR) is 28.7 cm³/mol. The number of rotatable bonds is 2. The Hall–Kier alpha value is -1.32. The van der Waals surface area contributed by atoms with E-state index < -0.39 is 5.84 Å². The van der Waals surface area contributed by atoms with E-state index in [1.165, 1.54) is 0 Å². The number of carbonyl (C=O) groups is 1. The number of hydrogen-bond donors (Lipinski definition) is 3. The summed E-state index contributed by atoms with van der Waals surface area (Å²) in [7, 11) is 0. The van der Waals surface area contributed by atoms with Crippen molar-refractivity contribution in [2.75, 3.05) is 0 Å². The van der Waals surface area contributed by atoms with E-state index in [2.05, 4.69) is 0 Å². The zero-order valence-corrected chi connectivity index (χ0v) is 4.09. The largest absolute Gasteiger partial charge is 0.515 e. The SMILES string of the molecule is N=C(N)/C(C=O)=C\O. The van der Waals surface area contributed by atoms with Crippen molar-refractivity contribution in [2.24, 2.45) is 5.73 Å². The third-order valence-corrected chi connectivity index (χ3v) is 0.577. The van der Waals surface area contributed by atoms with Gasteiger partial charge in [-0.05, 0) is 0 Å². The predicted octanol–water partition coefficient (Wildman–Crippen LogP) is -0.437. The Morgan fingerprint density at radius 2 is 2.25 bits per heavy atom. The Morgan fingerprint density at radius 3 is 2.25 bits per heavy atom. The minimum atomic E-state index is -0.428. The molecule has 8 heavy (non-hydrogen) atoms. The van der Waals surface area contributed by atoms with E-state index in [1.807, 2.05) is 0 Å². The zero-order valence-electron chi connectivity index (χ0n) is 4.09. The average Bonchev–Trinajstić information content (AvgIpc) is 1.69. The van der Waals surface area contributed by atoms with Gasteiger partial charge >= 0.3 is 0 Å². The van der Waals surface area contributed by atoms with Crippen molar-refractivity contribution in [3.8, 4) is 0 Å². The molecule has 0 saturated heterocycles. The summed E-state index contributed by atoms with van der Waals surface area (Å²) >= 11 is 0. The highest BCUT2D eigenvalue weighted by atomic mass is 16.2. The Morgan fingerprint density at radius 1 is 1.75 bits per heavy atom. The van der Waals surface area contributed by atoms with Crippen LogP contribution in [0.4, 0.5) is 0 Å². The van der Waals surface area contributed by atoms with Crippen LogP contribution in [0.5, 0.6) is 0 Å². The number of nitrogens with two attached hydrogens (primary N) is 1. The van der Waals surface area contributed by atoms with Gasteiger partial charge in [0, 0.05) is 0 Å². The molecule has 0 aliphatic rings. The lowest BCUT2D eigenvalue weighted by Gasteiger charge is -1.88. The first kappa shape index (κ1) is 6.68. The Balaban J connectivity index is 4.13. The maximum Gasteiger partial charge on any atom is 0.156 e. The molecule has 0 spiro atoms. The summed E-state index contributed by atoms with van der Waals surface area (Å²) in [5.74, 6) is -0.428. The van der Waals surface area contributed by atoms with Crippen molar-refractivity contribution < 1.29 is 9.90 Å². The van der Waals surface area contributed by atoms with Gasteiger partial charge in [-0.2, -0.15) is 0 Å². The molecule has 0 atom stereocenters. The second kappa shape index (κ2) is 2.79. The highest BCUT2D eigenvalue weighted by molar-refractivity contribution is 6.10. The second-order valence-corrected chi connectivity index (χ2v) is 1.12. The van der Waals surface area contributed by atoms with Crippen LogP contribution in [-0.2, 0) is 4.79 Å². The maximum atomic E-state index is 9.73. The van der Waals surface area contributed by atoms with Gasteiger partial charge in [-0.1, -0.05) is 0 Å². The summed E-state index contributed by atoms with van der Waals surface area (Å²) in [5, 5.41) is 14.7. The normalized spacial score (nSPS) is 10.8. The standard InChI is InChI=1S/C4H6N2O2/c5-4(6)3(1-7)2-8/h1-2,7H,(H3,5,6)/b3-1-. The lowest BCUT2D eigenvalue weighted by atomic mass is 10.3. The van der Waals surface area contributed by atoms with Crippen LogP contribution in [0.1, 0.15) is 0 Å². The molecular weight excluding hydrogens is 108 g/mol. The topological polar surface area (TPSA) is 87.2 Å². The summed E-state index contributed by atoms with van der Waals surface area (Å²) < 4.78 is 0. The maximum absolute atomic E-state index is 9.73. The quantitative estimate of drug-likeness (QED) is 0.149. The van der Waals surface area contributed by atoms with E-state index in [0.717, 1.165) is 0 Å². The van der Waals surface area contributed by atoms with Crippen LogP contribution in [0.3, 0.4) is 0 Å². The van der Waals surface area contributed by atoms with E-state index in [9.17, 15) is 4.79 Å².